The number of alkyl halides is 3. The summed E-state index contributed by atoms with van der Waals surface area (Å²) in [5, 5.41) is 3.06. The van der Waals surface area contributed by atoms with Crippen LogP contribution in [0.1, 0.15) is 17.7 Å². The monoisotopic (exact) mass is 460 g/mol. The second-order valence-electron chi connectivity index (χ2n) is 7.84. The van der Waals surface area contributed by atoms with Crippen molar-refractivity contribution < 1.29 is 22.6 Å². The van der Waals surface area contributed by atoms with Crippen molar-refractivity contribution in [3.63, 3.8) is 0 Å². The van der Waals surface area contributed by atoms with Crippen LogP contribution in [0.4, 0.5) is 24.8 Å². The number of likely N-dealkylation sites (N-methyl/N-ethyl adjacent to an activating group) is 1. The van der Waals surface area contributed by atoms with E-state index in [2.05, 4.69) is 25.3 Å². The SMILES string of the molecule is COc1nc(Nc2ccc3c(n2)OC(CC(F)(F)F)CN(C)C3)ccc1-c1cc(C)ncn1. The Balaban J connectivity index is 1.57. The average molecular weight is 460 g/mol. The molecule has 1 N–H and O–H groups in total. The van der Waals surface area contributed by atoms with Crippen LogP contribution in [-0.2, 0) is 6.54 Å². The summed E-state index contributed by atoms with van der Waals surface area (Å²) in [7, 11) is 3.26. The molecule has 4 heterocycles. The molecular formula is C22H23F3N6O2. The zero-order valence-corrected chi connectivity index (χ0v) is 18.3. The summed E-state index contributed by atoms with van der Waals surface area (Å²) in [5.74, 6) is 1.38. The van der Waals surface area contributed by atoms with E-state index in [0.717, 1.165) is 5.69 Å². The van der Waals surface area contributed by atoms with Gasteiger partial charge >= 0.3 is 6.18 Å². The second kappa shape index (κ2) is 9.18. The molecule has 174 valence electrons. The molecule has 0 radical (unpaired) electrons. The Morgan fingerprint density at radius 3 is 2.64 bits per heavy atom. The summed E-state index contributed by atoms with van der Waals surface area (Å²) >= 11 is 0. The van der Waals surface area contributed by atoms with Gasteiger partial charge in [-0.25, -0.2) is 9.97 Å². The molecule has 1 aliphatic heterocycles. The van der Waals surface area contributed by atoms with Gasteiger partial charge in [0.25, 0.3) is 0 Å². The minimum absolute atomic E-state index is 0.154. The molecule has 1 aliphatic rings. The fraction of sp³-hybridized carbons (Fsp3) is 0.364. The lowest BCUT2D eigenvalue weighted by atomic mass is 10.1. The molecule has 11 heteroatoms. The molecule has 3 aromatic rings. The molecule has 0 saturated heterocycles. The molecule has 0 amide bonds. The predicted molar refractivity (Wildman–Crippen MR) is 115 cm³/mol. The van der Waals surface area contributed by atoms with Crippen molar-refractivity contribution in [2.75, 3.05) is 26.0 Å². The van der Waals surface area contributed by atoms with Gasteiger partial charge < -0.3 is 14.8 Å². The third-order valence-corrected chi connectivity index (χ3v) is 5.02. The summed E-state index contributed by atoms with van der Waals surface area (Å²) < 4.78 is 49.9. The first-order valence-electron chi connectivity index (χ1n) is 10.2. The number of nitrogens with one attached hydrogen (secondary N) is 1. The number of methoxy groups -OCH3 is 1. The number of aromatic nitrogens is 4. The Bertz CT molecular complexity index is 1140. The van der Waals surface area contributed by atoms with Crippen LogP contribution in [0.15, 0.2) is 36.7 Å². The molecule has 0 aliphatic carbocycles. The van der Waals surface area contributed by atoms with Crippen molar-refractivity contribution in [1.82, 2.24) is 24.8 Å². The van der Waals surface area contributed by atoms with Crippen molar-refractivity contribution in [2.45, 2.75) is 32.2 Å². The van der Waals surface area contributed by atoms with Crippen LogP contribution in [0.3, 0.4) is 0 Å². The number of hydrogen-bond donors (Lipinski definition) is 1. The van der Waals surface area contributed by atoms with E-state index in [-0.39, 0.29) is 12.4 Å². The topological polar surface area (TPSA) is 85.3 Å². The summed E-state index contributed by atoms with van der Waals surface area (Å²) in [5.41, 5.74) is 2.90. The van der Waals surface area contributed by atoms with Gasteiger partial charge in [0.1, 0.15) is 24.1 Å². The van der Waals surface area contributed by atoms with Crippen molar-refractivity contribution >= 4 is 11.6 Å². The van der Waals surface area contributed by atoms with Gasteiger partial charge in [-0.2, -0.15) is 23.1 Å². The van der Waals surface area contributed by atoms with E-state index in [0.29, 0.717) is 40.9 Å². The zero-order valence-electron chi connectivity index (χ0n) is 18.3. The first kappa shape index (κ1) is 22.7. The first-order chi connectivity index (χ1) is 15.7. The summed E-state index contributed by atoms with van der Waals surface area (Å²) in [6, 6.07) is 8.89. The Morgan fingerprint density at radius 2 is 1.91 bits per heavy atom. The maximum Gasteiger partial charge on any atom is 0.392 e. The molecule has 1 atom stereocenters. The zero-order chi connectivity index (χ0) is 23.6. The van der Waals surface area contributed by atoms with Crippen LogP contribution < -0.4 is 14.8 Å². The van der Waals surface area contributed by atoms with E-state index < -0.39 is 18.7 Å². The summed E-state index contributed by atoms with van der Waals surface area (Å²) in [6.45, 7) is 2.46. The third kappa shape index (κ3) is 5.67. The van der Waals surface area contributed by atoms with Crippen molar-refractivity contribution in [3.8, 4) is 23.0 Å². The smallest absolute Gasteiger partial charge is 0.392 e. The second-order valence-corrected chi connectivity index (χ2v) is 7.84. The Hall–Kier alpha value is -3.47. The number of pyridine rings is 2. The lowest BCUT2D eigenvalue weighted by Crippen LogP contribution is -2.34. The summed E-state index contributed by atoms with van der Waals surface area (Å²) in [4.78, 5) is 19.0. The molecule has 0 aromatic carbocycles. The summed E-state index contributed by atoms with van der Waals surface area (Å²) in [6.07, 6.45) is -4.93. The number of ether oxygens (including phenoxy) is 2. The number of nitrogens with zero attached hydrogens (tertiary/aromatic N) is 5. The molecule has 0 bridgehead atoms. The Kier molecular flexibility index (Phi) is 6.32. The lowest BCUT2D eigenvalue weighted by Gasteiger charge is -2.21. The van der Waals surface area contributed by atoms with Crippen molar-refractivity contribution in [1.29, 1.82) is 0 Å². The van der Waals surface area contributed by atoms with Gasteiger partial charge in [-0.1, -0.05) is 0 Å². The van der Waals surface area contributed by atoms with Gasteiger partial charge in [0.05, 0.1) is 24.8 Å². The van der Waals surface area contributed by atoms with Crippen LogP contribution in [0, 0.1) is 6.92 Å². The van der Waals surface area contributed by atoms with Crippen LogP contribution in [0.5, 0.6) is 11.8 Å². The molecule has 3 aromatic heterocycles. The quantitative estimate of drug-likeness (QED) is 0.608. The number of hydrogen-bond acceptors (Lipinski definition) is 8. The fourth-order valence-corrected chi connectivity index (χ4v) is 3.62. The third-order valence-electron chi connectivity index (χ3n) is 5.02. The van der Waals surface area contributed by atoms with Crippen LogP contribution >= 0.6 is 0 Å². The van der Waals surface area contributed by atoms with Gasteiger partial charge in [-0.05, 0) is 44.3 Å². The number of aryl methyl sites for hydroxylation is 1. The largest absolute Gasteiger partial charge is 0.480 e. The molecular weight excluding hydrogens is 437 g/mol. The molecule has 0 saturated carbocycles. The lowest BCUT2D eigenvalue weighted by molar-refractivity contribution is -0.151. The molecule has 1 unspecified atom stereocenters. The molecule has 33 heavy (non-hydrogen) atoms. The highest BCUT2D eigenvalue weighted by molar-refractivity contribution is 5.68. The standard InChI is InChI=1S/C22H23F3N6O2/c1-13-8-17(27-12-26-13)16-5-7-19(30-21(16)32-3)28-18-6-4-14-10-31(2)11-15(9-22(23,24)25)33-20(14)29-18/h4-8,12,15H,9-11H2,1-3H3,(H,28,29,30). The minimum atomic E-state index is -4.32. The number of rotatable bonds is 5. The minimum Gasteiger partial charge on any atom is -0.480 e. The number of fused-ring (bicyclic) bond motifs is 1. The Labute approximate surface area is 188 Å². The van der Waals surface area contributed by atoms with Gasteiger partial charge in [-0.15, -0.1) is 0 Å². The van der Waals surface area contributed by atoms with E-state index in [1.807, 2.05) is 19.1 Å². The highest BCUT2D eigenvalue weighted by atomic mass is 19.4. The van der Waals surface area contributed by atoms with Gasteiger partial charge in [-0.3, -0.25) is 4.90 Å². The fourth-order valence-electron chi connectivity index (χ4n) is 3.62. The highest BCUT2D eigenvalue weighted by Crippen LogP contribution is 2.32. The maximum absolute atomic E-state index is 12.9. The normalized spacial score (nSPS) is 16.5. The van der Waals surface area contributed by atoms with E-state index >= 15 is 0 Å². The highest BCUT2D eigenvalue weighted by Gasteiger charge is 2.35. The molecule has 8 nitrogen and oxygen atoms in total. The van der Waals surface area contributed by atoms with Gasteiger partial charge in [0.2, 0.25) is 11.8 Å². The van der Waals surface area contributed by atoms with E-state index in [4.69, 9.17) is 9.47 Å². The van der Waals surface area contributed by atoms with Crippen LogP contribution in [0.25, 0.3) is 11.3 Å². The Morgan fingerprint density at radius 1 is 1.15 bits per heavy atom. The predicted octanol–water partition coefficient (Wildman–Crippen LogP) is 4.14. The average Bonchev–Trinajstić information content (AvgIpc) is 2.89. The molecule has 0 fully saturated rings. The molecule has 4 rings (SSSR count). The number of halogens is 3. The van der Waals surface area contributed by atoms with Gasteiger partial charge in [0.15, 0.2) is 0 Å². The first-order valence-corrected chi connectivity index (χ1v) is 10.2. The van der Waals surface area contributed by atoms with Crippen LogP contribution in [-0.4, -0.2) is 57.8 Å². The van der Waals surface area contributed by atoms with Crippen molar-refractivity contribution in [2.24, 2.45) is 0 Å². The maximum atomic E-state index is 12.9. The van der Waals surface area contributed by atoms with E-state index in [1.165, 1.54) is 13.4 Å². The van der Waals surface area contributed by atoms with Gasteiger partial charge in [0, 0.05) is 24.3 Å². The van der Waals surface area contributed by atoms with E-state index in [9.17, 15) is 13.2 Å². The van der Waals surface area contributed by atoms with Crippen LogP contribution in [0.2, 0.25) is 0 Å². The number of anilines is 2. The molecule has 0 spiro atoms. The van der Waals surface area contributed by atoms with Crippen molar-refractivity contribution in [3.05, 3.63) is 47.9 Å². The van der Waals surface area contributed by atoms with E-state index in [1.54, 1.807) is 30.1 Å².